The van der Waals surface area contributed by atoms with E-state index in [1.807, 2.05) is 6.92 Å². The van der Waals surface area contributed by atoms with Crippen LogP contribution in [0.15, 0.2) is 51.7 Å². The first-order valence-corrected chi connectivity index (χ1v) is 7.16. The van der Waals surface area contributed by atoms with Gasteiger partial charge in [0, 0.05) is 30.2 Å². The highest BCUT2D eigenvalue weighted by molar-refractivity contribution is 6.53. The van der Waals surface area contributed by atoms with E-state index in [0.717, 1.165) is 18.3 Å². The molecule has 24 heavy (non-hydrogen) atoms. The average molecular weight is 330 g/mol. The van der Waals surface area contributed by atoms with Crippen molar-refractivity contribution in [3.8, 4) is 0 Å². The van der Waals surface area contributed by atoms with Gasteiger partial charge in [-0.3, -0.25) is 14.6 Å². The van der Waals surface area contributed by atoms with Gasteiger partial charge < -0.3 is 11.5 Å². The molecular weight excluding hydrogens is 311 g/mol. The van der Waals surface area contributed by atoms with Crippen LogP contribution in [-0.2, 0) is 4.79 Å². The molecule has 7 heteroatoms. The van der Waals surface area contributed by atoms with E-state index in [1.54, 1.807) is 6.92 Å². The molecule has 126 valence electrons. The molecule has 0 radical (unpaired) electrons. The number of nitrogens with zero attached hydrogens (tertiary/aromatic N) is 2. The zero-order chi connectivity index (χ0) is 18.1. The maximum absolute atomic E-state index is 13.2. The number of nitrogens with two attached hydrogens (primary N) is 2. The van der Waals surface area contributed by atoms with Gasteiger partial charge in [0.05, 0.1) is 11.3 Å². The fraction of sp³-hybridized carbons (Fsp3) is 0.176. The largest absolute Gasteiger partial charge is 0.404 e. The van der Waals surface area contributed by atoms with Crippen molar-refractivity contribution in [2.75, 3.05) is 6.54 Å². The number of benzene rings is 1. The molecule has 0 aliphatic heterocycles. The number of aliphatic imine (C=N–C) groups is 2. The topological polar surface area (TPSA) is 111 Å². The van der Waals surface area contributed by atoms with E-state index in [1.165, 1.54) is 18.4 Å². The highest BCUT2D eigenvalue weighted by atomic mass is 19.1. The number of halogens is 1. The van der Waals surface area contributed by atoms with E-state index in [-0.39, 0.29) is 22.5 Å². The van der Waals surface area contributed by atoms with Crippen LogP contribution in [0.1, 0.15) is 24.2 Å². The summed E-state index contributed by atoms with van der Waals surface area (Å²) in [6.45, 7) is 3.87. The minimum Gasteiger partial charge on any atom is -0.404 e. The normalized spacial score (nSPS) is 13.4. The number of allylic oxidation sites excluding steroid dienone is 3. The maximum atomic E-state index is 13.2. The SMILES string of the molecule is CCN=CC(=CN)C(=O)C(C=C(C)N)=Nc1ccc(F)cc1C=O. The second kappa shape index (κ2) is 9.14. The van der Waals surface area contributed by atoms with E-state index < -0.39 is 11.6 Å². The standard InChI is InChI=1S/C17H19FN4O2/c1-3-21-9-13(8-19)17(24)16(6-11(2)20)22-15-5-4-14(18)7-12(15)10-23/h4-10H,3,19-20H2,1-2H3. The van der Waals surface area contributed by atoms with Crippen molar-refractivity contribution in [2.24, 2.45) is 21.5 Å². The molecule has 0 saturated carbocycles. The number of carbonyl (C=O) groups is 2. The lowest BCUT2D eigenvalue weighted by molar-refractivity contribution is -0.109. The highest BCUT2D eigenvalue weighted by Crippen LogP contribution is 2.19. The van der Waals surface area contributed by atoms with Crippen LogP contribution in [0.4, 0.5) is 10.1 Å². The van der Waals surface area contributed by atoms with E-state index in [9.17, 15) is 14.0 Å². The van der Waals surface area contributed by atoms with Crippen molar-refractivity contribution >= 4 is 29.7 Å². The smallest absolute Gasteiger partial charge is 0.214 e. The zero-order valence-corrected chi connectivity index (χ0v) is 13.5. The van der Waals surface area contributed by atoms with Gasteiger partial charge in [0.25, 0.3) is 0 Å². The summed E-state index contributed by atoms with van der Waals surface area (Å²) in [5.41, 5.74) is 11.7. The third-order valence-corrected chi connectivity index (χ3v) is 2.81. The Labute approximate surface area is 139 Å². The second-order valence-electron chi connectivity index (χ2n) is 4.79. The molecule has 1 aromatic rings. The molecule has 0 aliphatic carbocycles. The summed E-state index contributed by atoms with van der Waals surface area (Å²) in [7, 11) is 0. The molecular formula is C17H19FN4O2. The van der Waals surface area contributed by atoms with Gasteiger partial charge in [0.15, 0.2) is 6.29 Å². The third kappa shape index (κ3) is 5.28. The molecule has 4 N–H and O–H groups in total. The molecule has 1 aromatic carbocycles. The van der Waals surface area contributed by atoms with Gasteiger partial charge >= 0.3 is 0 Å². The van der Waals surface area contributed by atoms with E-state index in [0.29, 0.717) is 18.5 Å². The Hall–Kier alpha value is -3.09. The van der Waals surface area contributed by atoms with Crippen LogP contribution in [0.2, 0.25) is 0 Å². The summed E-state index contributed by atoms with van der Waals surface area (Å²) in [5.74, 6) is -1.09. The number of carbonyl (C=O) groups excluding carboxylic acids is 2. The molecule has 0 aromatic heterocycles. The van der Waals surface area contributed by atoms with Crippen LogP contribution in [0.25, 0.3) is 0 Å². The van der Waals surface area contributed by atoms with Crippen molar-refractivity contribution in [3.63, 3.8) is 0 Å². The fourth-order valence-corrected chi connectivity index (χ4v) is 1.73. The van der Waals surface area contributed by atoms with E-state index in [2.05, 4.69) is 9.98 Å². The quantitative estimate of drug-likeness (QED) is 0.453. The van der Waals surface area contributed by atoms with Crippen LogP contribution in [0, 0.1) is 5.82 Å². The lowest BCUT2D eigenvalue weighted by Gasteiger charge is -2.05. The Morgan fingerprint density at radius 3 is 2.62 bits per heavy atom. The molecule has 0 bridgehead atoms. The van der Waals surface area contributed by atoms with Crippen molar-refractivity contribution in [1.29, 1.82) is 0 Å². The fourth-order valence-electron chi connectivity index (χ4n) is 1.73. The van der Waals surface area contributed by atoms with Gasteiger partial charge in [-0.2, -0.15) is 0 Å². The van der Waals surface area contributed by atoms with Gasteiger partial charge in [0.1, 0.15) is 11.5 Å². The summed E-state index contributed by atoms with van der Waals surface area (Å²) >= 11 is 0. The van der Waals surface area contributed by atoms with Crippen molar-refractivity contribution in [3.05, 3.63) is 53.1 Å². The summed E-state index contributed by atoms with van der Waals surface area (Å²) in [6.07, 6.45) is 4.26. The summed E-state index contributed by atoms with van der Waals surface area (Å²) in [4.78, 5) is 31.7. The average Bonchev–Trinajstić information content (AvgIpc) is 2.55. The molecule has 0 spiro atoms. The maximum Gasteiger partial charge on any atom is 0.214 e. The van der Waals surface area contributed by atoms with Gasteiger partial charge in [-0.05, 0) is 38.1 Å². The minimum atomic E-state index is -0.577. The summed E-state index contributed by atoms with van der Waals surface area (Å²) in [5, 5.41) is 0. The molecule has 0 atom stereocenters. The Balaban J connectivity index is 3.42. The van der Waals surface area contributed by atoms with Crippen LogP contribution in [0.3, 0.4) is 0 Å². The molecule has 1 rings (SSSR count). The van der Waals surface area contributed by atoms with Gasteiger partial charge in [-0.15, -0.1) is 0 Å². The monoisotopic (exact) mass is 330 g/mol. The summed E-state index contributed by atoms with van der Waals surface area (Å²) < 4.78 is 13.2. The summed E-state index contributed by atoms with van der Waals surface area (Å²) in [6, 6.07) is 3.48. The van der Waals surface area contributed by atoms with Gasteiger partial charge in [-0.25, -0.2) is 9.38 Å². The number of rotatable bonds is 7. The van der Waals surface area contributed by atoms with E-state index in [4.69, 9.17) is 11.5 Å². The lowest BCUT2D eigenvalue weighted by atomic mass is 10.1. The van der Waals surface area contributed by atoms with Crippen LogP contribution in [0.5, 0.6) is 0 Å². The predicted molar refractivity (Wildman–Crippen MR) is 93.1 cm³/mol. The molecule has 0 amide bonds. The van der Waals surface area contributed by atoms with E-state index >= 15 is 0 Å². The number of ketones is 1. The van der Waals surface area contributed by atoms with Crippen molar-refractivity contribution in [2.45, 2.75) is 13.8 Å². The van der Waals surface area contributed by atoms with Crippen LogP contribution >= 0.6 is 0 Å². The lowest BCUT2D eigenvalue weighted by Crippen LogP contribution is -2.18. The van der Waals surface area contributed by atoms with Crippen molar-refractivity contribution in [1.82, 2.24) is 0 Å². The zero-order valence-electron chi connectivity index (χ0n) is 13.5. The van der Waals surface area contributed by atoms with Crippen LogP contribution in [-0.4, -0.2) is 30.5 Å². The Morgan fingerprint density at radius 2 is 2.08 bits per heavy atom. The van der Waals surface area contributed by atoms with Gasteiger partial charge in [0.2, 0.25) is 5.78 Å². The number of hydrogen-bond acceptors (Lipinski definition) is 6. The first kappa shape index (κ1) is 19.0. The minimum absolute atomic E-state index is 0.0175. The number of Topliss-reactive ketones (excluding diaryl/α,β-unsaturated/α-hetero) is 1. The molecule has 0 aliphatic rings. The Kier molecular flexibility index (Phi) is 7.22. The number of hydrogen-bond donors (Lipinski definition) is 2. The second-order valence-corrected chi connectivity index (χ2v) is 4.79. The van der Waals surface area contributed by atoms with Gasteiger partial charge in [-0.1, -0.05) is 0 Å². The molecule has 0 unspecified atom stereocenters. The van der Waals surface area contributed by atoms with Crippen LogP contribution < -0.4 is 11.5 Å². The molecule has 0 fully saturated rings. The first-order chi connectivity index (χ1) is 11.4. The van der Waals surface area contributed by atoms with Crippen molar-refractivity contribution < 1.29 is 14.0 Å². The molecule has 0 saturated heterocycles. The Morgan fingerprint density at radius 1 is 1.38 bits per heavy atom. The molecule has 0 heterocycles. The Bertz CT molecular complexity index is 745. The molecule has 6 nitrogen and oxygen atoms in total. The number of aldehydes is 1. The highest BCUT2D eigenvalue weighted by Gasteiger charge is 2.15. The third-order valence-electron chi connectivity index (χ3n) is 2.81. The first-order valence-electron chi connectivity index (χ1n) is 7.16. The predicted octanol–water partition coefficient (Wildman–Crippen LogP) is 2.08.